The van der Waals surface area contributed by atoms with E-state index in [4.69, 9.17) is 0 Å². The summed E-state index contributed by atoms with van der Waals surface area (Å²) in [5.41, 5.74) is 0.733. The molecule has 1 rings (SSSR count). The molecule has 0 aromatic heterocycles. The van der Waals surface area contributed by atoms with E-state index in [1.807, 2.05) is 13.8 Å². The Hall–Kier alpha value is -1.76. The lowest BCUT2D eigenvalue weighted by Gasteiger charge is -2.18. The van der Waals surface area contributed by atoms with Crippen LogP contribution in [0.1, 0.15) is 38.8 Å². The summed E-state index contributed by atoms with van der Waals surface area (Å²) in [7, 11) is 0. The molecule has 0 aliphatic carbocycles. The SMILES string of the molecule is CC(NC(=O)CC(O)C(C)C)c1ccc(OCC(F)(F)F)cc1. The van der Waals surface area contributed by atoms with E-state index in [0.717, 1.165) is 5.56 Å². The molecule has 2 unspecified atom stereocenters. The molecule has 2 N–H and O–H groups in total. The number of alkyl halides is 3. The van der Waals surface area contributed by atoms with Gasteiger partial charge in [0.1, 0.15) is 5.75 Å². The van der Waals surface area contributed by atoms with Crippen LogP contribution >= 0.6 is 0 Å². The van der Waals surface area contributed by atoms with Gasteiger partial charge in [0.2, 0.25) is 5.91 Å². The van der Waals surface area contributed by atoms with Gasteiger partial charge < -0.3 is 15.2 Å². The molecule has 0 radical (unpaired) electrons. The summed E-state index contributed by atoms with van der Waals surface area (Å²) in [6.07, 6.45) is -5.08. The van der Waals surface area contributed by atoms with Crippen LogP contribution in [0.4, 0.5) is 13.2 Å². The fourth-order valence-electron chi connectivity index (χ4n) is 1.83. The van der Waals surface area contributed by atoms with Gasteiger partial charge in [-0.25, -0.2) is 0 Å². The number of amides is 1. The van der Waals surface area contributed by atoms with E-state index in [2.05, 4.69) is 10.1 Å². The number of aliphatic hydroxyl groups excluding tert-OH is 1. The third-order valence-electron chi connectivity index (χ3n) is 3.32. The quantitative estimate of drug-likeness (QED) is 0.805. The summed E-state index contributed by atoms with van der Waals surface area (Å²) >= 11 is 0. The van der Waals surface area contributed by atoms with Crippen molar-refractivity contribution >= 4 is 5.91 Å². The number of halogens is 3. The zero-order chi connectivity index (χ0) is 17.6. The first-order valence-corrected chi connectivity index (χ1v) is 7.35. The number of aliphatic hydroxyl groups is 1. The highest BCUT2D eigenvalue weighted by molar-refractivity contribution is 5.76. The van der Waals surface area contributed by atoms with Crippen LogP contribution < -0.4 is 10.1 Å². The number of carbonyl (C=O) groups excluding carboxylic acids is 1. The number of carbonyl (C=O) groups is 1. The molecule has 0 heterocycles. The first-order chi connectivity index (χ1) is 10.6. The van der Waals surface area contributed by atoms with Crippen molar-refractivity contribution in [1.29, 1.82) is 0 Å². The number of hydrogen-bond acceptors (Lipinski definition) is 3. The predicted octanol–water partition coefficient (Wildman–Crippen LogP) is 3.21. The zero-order valence-electron chi connectivity index (χ0n) is 13.4. The maximum atomic E-state index is 12.1. The average Bonchev–Trinajstić information content (AvgIpc) is 2.44. The zero-order valence-corrected chi connectivity index (χ0v) is 13.4. The van der Waals surface area contributed by atoms with E-state index < -0.39 is 18.9 Å². The van der Waals surface area contributed by atoms with E-state index in [1.165, 1.54) is 12.1 Å². The summed E-state index contributed by atoms with van der Waals surface area (Å²) in [5, 5.41) is 12.4. The lowest BCUT2D eigenvalue weighted by Crippen LogP contribution is -2.31. The third-order valence-corrected chi connectivity index (χ3v) is 3.32. The minimum Gasteiger partial charge on any atom is -0.484 e. The molecule has 1 amide bonds. The molecule has 2 atom stereocenters. The molecule has 0 aliphatic rings. The molecule has 0 bridgehead atoms. The van der Waals surface area contributed by atoms with Crippen LogP contribution in [0.3, 0.4) is 0 Å². The van der Waals surface area contributed by atoms with Crippen molar-refractivity contribution < 1.29 is 27.8 Å². The maximum absolute atomic E-state index is 12.1. The van der Waals surface area contributed by atoms with Gasteiger partial charge in [-0.15, -0.1) is 0 Å². The van der Waals surface area contributed by atoms with Gasteiger partial charge >= 0.3 is 6.18 Å². The standard InChI is InChI=1S/C16H22F3NO3/c1-10(2)14(21)8-15(22)20-11(3)12-4-6-13(7-5-12)23-9-16(17,18)19/h4-7,10-11,14,21H,8-9H2,1-3H3,(H,20,22). The first kappa shape index (κ1) is 19.3. The Labute approximate surface area is 133 Å². The van der Waals surface area contributed by atoms with E-state index in [9.17, 15) is 23.1 Å². The van der Waals surface area contributed by atoms with E-state index >= 15 is 0 Å². The normalized spacial score (nSPS) is 14.4. The van der Waals surface area contributed by atoms with Crippen LogP contribution in [-0.2, 0) is 4.79 Å². The van der Waals surface area contributed by atoms with Crippen LogP contribution in [0, 0.1) is 5.92 Å². The van der Waals surface area contributed by atoms with Gasteiger partial charge in [-0.2, -0.15) is 13.2 Å². The van der Waals surface area contributed by atoms with E-state index in [0.29, 0.717) is 0 Å². The number of ether oxygens (including phenoxy) is 1. The Morgan fingerprint density at radius 3 is 2.26 bits per heavy atom. The molecule has 0 fully saturated rings. The molecule has 0 saturated carbocycles. The highest BCUT2D eigenvalue weighted by Gasteiger charge is 2.28. The van der Waals surface area contributed by atoms with Gasteiger partial charge in [0.25, 0.3) is 0 Å². The highest BCUT2D eigenvalue weighted by atomic mass is 19.4. The van der Waals surface area contributed by atoms with Crippen molar-refractivity contribution in [3.63, 3.8) is 0 Å². The minimum absolute atomic E-state index is 0.00871. The summed E-state index contributed by atoms with van der Waals surface area (Å²) in [5.74, 6) is -0.183. The number of hydrogen-bond donors (Lipinski definition) is 2. The molecule has 130 valence electrons. The largest absolute Gasteiger partial charge is 0.484 e. The molecule has 1 aromatic rings. The van der Waals surface area contributed by atoms with Gasteiger partial charge in [-0.1, -0.05) is 26.0 Å². The summed E-state index contributed by atoms with van der Waals surface area (Å²) in [6, 6.07) is 5.71. The molecule has 1 aromatic carbocycles. The van der Waals surface area contributed by atoms with Crippen LogP contribution in [0.15, 0.2) is 24.3 Å². The molecular formula is C16H22F3NO3. The Bertz CT molecular complexity index is 500. The first-order valence-electron chi connectivity index (χ1n) is 7.35. The molecule has 4 nitrogen and oxygen atoms in total. The summed E-state index contributed by atoms with van der Waals surface area (Å²) < 4.78 is 40.8. The lowest BCUT2D eigenvalue weighted by molar-refractivity contribution is -0.153. The predicted molar refractivity (Wildman–Crippen MR) is 80.0 cm³/mol. The topological polar surface area (TPSA) is 58.6 Å². The third kappa shape index (κ3) is 7.36. The van der Waals surface area contributed by atoms with Gasteiger partial charge in [0.05, 0.1) is 18.6 Å². The average molecular weight is 333 g/mol. The second-order valence-corrected chi connectivity index (χ2v) is 5.78. The van der Waals surface area contributed by atoms with Crippen LogP contribution in [-0.4, -0.2) is 29.9 Å². The van der Waals surface area contributed by atoms with E-state index in [1.54, 1.807) is 19.1 Å². The molecule has 0 aliphatic heterocycles. The van der Waals surface area contributed by atoms with Crippen molar-refractivity contribution in [3.8, 4) is 5.75 Å². The number of benzene rings is 1. The molecular weight excluding hydrogens is 311 g/mol. The molecule has 23 heavy (non-hydrogen) atoms. The maximum Gasteiger partial charge on any atom is 0.422 e. The molecule has 7 heteroatoms. The highest BCUT2D eigenvalue weighted by Crippen LogP contribution is 2.21. The van der Waals surface area contributed by atoms with Gasteiger partial charge in [-0.3, -0.25) is 4.79 Å². The second kappa shape index (κ2) is 8.19. The van der Waals surface area contributed by atoms with Crippen LogP contribution in [0.2, 0.25) is 0 Å². The molecule has 0 saturated heterocycles. The number of nitrogens with one attached hydrogen (secondary N) is 1. The van der Waals surface area contributed by atoms with Crippen molar-refractivity contribution in [2.75, 3.05) is 6.61 Å². The minimum atomic E-state index is -4.38. The van der Waals surface area contributed by atoms with Crippen molar-refractivity contribution in [3.05, 3.63) is 29.8 Å². The smallest absolute Gasteiger partial charge is 0.422 e. The Morgan fingerprint density at radius 2 is 1.78 bits per heavy atom. The summed E-state index contributed by atoms with van der Waals surface area (Å²) in [6.45, 7) is 4.05. The lowest BCUT2D eigenvalue weighted by atomic mass is 10.0. The van der Waals surface area contributed by atoms with Gasteiger partial charge in [0.15, 0.2) is 6.61 Å². The van der Waals surface area contributed by atoms with Crippen molar-refractivity contribution in [2.45, 2.75) is 45.5 Å². The van der Waals surface area contributed by atoms with Crippen LogP contribution in [0.5, 0.6) is 5.75 Å². The van der Waals surface area contributed by atoms with Gasteiger partial charge in [0, 0.05) is 0 Å². The van der Waals surface area contributed by atoms with Crippen molar-refractivity contribution in [1.82, 2.24) is 5.32 Å². The number of rotatable bonds is 7. The Balaban J connectivity index is 2.53. The van der Waals surface area contributed by atoms with E-state index in [-0.39, 0.29) is 30.0 Å². The van der Waals surface area contributed by atoms with Crippen molar-refractivity contribution in [2.24, 2.45) is 5.92 Å². The van der Waals surface area contributed by atoms with Crippen LogP contribution in [0.25, 0.3) is 0 Å². The monoisotopic (exact) mass is 333 g/mol. The Kier molecular flexibility index (Phi) is 6.87. The summed E-state index contributed by atoms with van der Waals surface area (Å²) in [4.78, 5) is 11.8. The molecule has 0 spiro atoms. The fourth-order valence-corrected chi connectivity index (χ4v) is 1.83. The second-order valence-electron chi connectivity index (χ2n) is 5.78. The van der Waals surface area contributed by atoms with Gasteiger partial charge in [-0.05, 0) is 30.5 Å². The fraction of sp³-hybridized carbons (Fsp3) is 0.562. The Morgan fingerprint density at radius 1 is 1.22 bits per heavy atom.